The molecule has 0 fully saturated rings. The summed E-state index contributed by atoms with van der Waals surface area (Å²) in [6, 6.07) is 12.4. The standard InChI is InChI=1S/C20H18N2O4/c1-25-20(24)14-6-4-13(5-7-14)12-26-15-8-9-17-16(11-15)19(23)22-10-2-3-18(22)21-17/h4-9,11H,2-3,10,12H2,1H3. The van der Waals surface area contributed by atoms with Crippen molar-refractivity contribution in [2.75, 3.05) is 7.11 Å². The van der Waals surface area contributed by atoms with E-state index in [1.54, 1.807) is 22.8 Å². The first-order chi connectivity index (χ1) is 12.7. The number of nitrogens with zero attached hydrogens (tertiary/aromatic N) is 2. The number of aryl methyl sites for hydroxylation is 1. The second-order valence-electron chi connectivity index (χ2n) is 6.24. The smallest absolute Gasteiger partial charge is 0.337 e. The second kappa shape index (κ2) is 6.63. The van der Waals surface area contributed by atoms with Gasteiger partial charge in [0.1, 0.15) is 18.2 Å². The molecule has 0 unspecified atom stereocenters. The van der Waals surface area contributed by atoms with E-state index >= 15 is 0 Å². The summed E-state index contributed by atoms with van der Waals surface area (Å²) in [5, 5.41) is 0.578. The largest absolute Gasteiger partial charge is 0.489 e. The summed E-state index contributed by atoms with van der Waals surface area (Å²) in [4.78, 5) is 28.6. The molecule has 0 saturated carbocycles. The fourth-order valence-electron chi connectivity index (χ4n) is 3.17. The number of carbonyl (C=O) groups is 1. The van der Waals surface area contributed by atoms with Crippen LogP contribution < -0.4 is 10.3 Å². The molecule has 2 aromatic carbocycles. The molecule has 2 heterocycles. The lowest BCUT2D eigenvalue weighted by Crippen LogP contribution is -2.20. The molecule has 6 nitrogen and oxygen atoms in total. The van der Waals surface area contributed by atoms with Gasteiger partial charge in [-0.05, 0) is 42.3 Å². The Bertz CT molecular complexity index is 1040. The maximum absolute atomic E-state index is 12.6. The minimum absolute atomic E-state index is 0.00428. The molecule has 0 saturated heterocycles. The lowest BCUT2D eigenvalue weighted by molar-refractivity contribution is 0.0600. The van der Waals surface area contributed by atoms with E-state index in [0.29, 0.717) is 28.8 Å². The van der Waals surface area contributed by atoms with Crippen LogP contribution >= 0.6 is 0 Å². The molecule has 1 aromatic heterocycles. The molecular weight excluding hydrogens is 332 g/mol. The molecule has 0 atom stereocenters. The Morgan fingerprint density at radius 2 is 2.00 bits per heavy atom. The molecule has 0 spiro atoms. The predicted octanol–water partition coefficient (Wildman–Crippen LogP) is 2.71. The fourth-order valence-corrected chi connectivity index (χ4v) is 3.17. The van der Waals surface area contributed by atoms with Crippen LogP contribution in [-0.2, 0) is 24.3 Å². The van der Waals surface area contributed by atoms with Gasteiger partial charge in [-0.25, -0.2) is 9.78 Å². The number of aromatic nitrogens is 2. The number of ether oxygens (including phenoxy) is 2. The third-order valence-electron chi connectivity index (χ3n) is 4.57. The van der Waals surface area contributed by atoms with Crippen molar-refractivity contribution in [3.8, 4) is 5.75 Å². The normalized spacial score (nSPS) is 12.8. The summed E-state index contributed by atoms with van der Waals surface area (Å²) in [7, 11) is 1.35. The van der Waals surface area contributed by atoms with Crippen LogP contribution in [0.15, 0.2) is 47.3 Å². The van der Waals surface area contributed by atoms with Gasteiger partial charge >= 0.3 is 5.97 Å². The van der Waals surface area contributed by atoms with E-state index in [1.807, 2.05) is 24.3 Å². The molecule has 0 aliphatic carbocycles. The molecule has 132 valence electrons. The van der Waals surface area contributed by atoms with Crippen LogP contribution in [0.25, 0.3) is 10.9 Å². The van der Waals surface area contributed by atoms with Crippen molar-refractivity contribution in [2.45, 2.75) is 26.0 Å². The van der Waals surface area contributed by atoms with Crippen molar-refractivity contribution in [1.29, 1.82) is 0 Å². The van der Waals surface area contributed by atoms with Gasteiger partial charge in [0.25, 0.3) is 5.56 Å². The van der Waals surface area contributed by atoms with Gasteiger partial charge in [-0.15, -0.1) is 0 Å². The average molecular weight is 350 g/mol. The molecule has 4 rings (SSSR count). The summed E-state index contributed by atoms with van der Waals surface area (Å²) < 4.78 is 12.2. The van der Waals surface area contributed by atoms with Gasteiger partial charge in [0, 0.05) is 13.0 Å². The Kier molecular flexibility index (Phi) is 4.16. The number of rotatable bonds is 4. The summed E-state index contributed by atoms with van der Waals surface area (Å²) >= 11 is 0. The molecular formula is C20H18N2O4. The van der Waals surface area contributed by atoms with Gasteiger partial charge in [-0.1, -0.05) is 12.1 Å². The van der Waals surface area contributed by atoms with Gasteiger partial charge in [0.15, 0.2) is 0 Å². The quantitative estimate of drug-likeness (QED) is 0.677. The monoisotopic (exact) mass is 350 g/mol. The van der Waals surface area contributed by atoms with Crippen LogP contribution in [0.3, 0.4) is 0 Å². The van der Waals surface area contributed by atoms with Crippen molar-refractivity contribution in [3.63, 3.8) is 0 Å². The molecule has 1 aliphatic heterocycles. The molecule has 1 aliphatic rings. The summed E-state index contributed by atoms with van der Waals surface area (Å²) in [5.41, 5.74) is 2.12. The predicted molar refractivity (Wildman–Crippen MR) is 96.4 cm³/mol. The fraction of sp³-hybridized carbons (Fsp3) is 0.250. The maximum Gasteiger partial charge on any atom is 0.337 e. The number of fused-ring (bicyclic) bond motifs is 2. The van der Waals surface area contributed by atoms with Crippen LogP contribution in [0.4, 0.5) is 0 Å². The Hall–Kier alpha value is -3.15. The zero-order chi connectivity index (χ0) is 18.1. The molecule has 0 radical (unpaired) electrons. The van der Waals surface area contributed by atoms with Crippen LogP contribution in [0.2, 0.25) is 0 Å². The van der Waals surface area contributed by atoms with Crippen LogP contribution in [0.5, 0.6) is 5.75 Å². The SMILES string of the molecule is COC(=O)c1ccc(COc2ccc3nc4n(c(=O)c3c2)CCC4)cc1. The zero-order valence-electron chi connectivity index (χ0n) is 14.4. The van der Waals surface area contributed by atoms with Crippen molar-refractivity contribution < 1.29 is 14.3 Å². The Morgan fingerprint density at radius 1 is 1.19 bits per heavy atom. The highest BCUT2D eigenvalue weighted by Crippen LogP contribution is 2.20. The topological polar surface area (TPSA) is 70.4 Å². The lowest BCUT2D eigenvalue weighted by atomic mass is 10.1. The zero-order valence-corrected chi connectivity index (χ0v) is 14.4. The number of benzene rings is 2. The van der Waals surface area contributed by atoms with Crippen molar-refractivity contribution in [2.24, 2.45) is 0 Å². The van der Waals surface area contributed by atoms with Gasteiger partial charge in [0.05, 0.1) is 23.6 Å². The van der Waals surface area contributed by atoms with E-state index in [1.165, 1.54) is 7.11 Å². The molecule has 3 aromatic rings. The van der Waals surface area contributed by atoms with Gasteiger partial charge in [-0.2, -0.15) is 0 Å². The van der Waals surface area contributed by atoms with E-state index < -0.39 is 0 Å². The van der Waals surface area contributed by atoms with Crippen LogP contribution in [0, 0.1) is 0 Å². The van der Waals surface area contributed by atoms with E-state index in [9.17, 15) is 9.59 Å². The molecule has 26 heavy (non-hydrogen) atoms. The summed E-state index contributed by atoms with van der Waals surface area (Å²) in [6.45, 7) is 1.07. The first kappa shape index (κ1) is 16.3. The van der Waals surface area contributed by atoms with Crippen LogP contribution in [-0.4, -0.2) is 22.6 Å². The second-order valence-corrected chi connectivity index (χ2v) is 6.24. The minimum Gasteiger partial charge on any atom is -0.489 e. The number of methoxy groups -OCH3 is 1. The minimum atomic E-state index is -0.368. The van der Waals surface area contributed by atoms with Gasteiger partial charge < -0.3 is 9.47 Å². The van der Waals surface area contributed by atoms with Gasteiger partial charge in [-0.3, -0.25) is 9.36 Å². The third-order valence-corrected chi connectivity index (χ3v) is 4.57. The highest BCUT2D eigenvalue weighted by Gasteiger charge is 2.16. The molecule has 0 bridgehead atoms. The van der Waals surface area contributed by atoms with E-state index in [4.69, 9.17) is 4.74 Å². The number of esters is 1. The molecule has 6 heteroatoms. The first-order valence-electron chi connectivity index (χ1n) is 8.49. The maximum atomic E-state index is 12.6. The van der Waals surface area contributed by atoms with Crippen molar-refractivity contribution >= 4 is 16.9 Å². The Morgan fingerprint density at radius 3 is 2.77 bits per heavy atom. The Balaban J connectivity index is 1.54. The van der Waals surface area contributed by atoms with Crippen molar-refractivity contribution in [3.05, 3.63) is 69.8 Å². The van der Waals surface area contributed by atoms with E-state index in [2.05, 4.69) is 9.72 Å². The average Bonchev–Trinajstić information content (AvgIpc) is 3.15. The highest BCUT2D eigenvalue weighted by molar-refractivity contribution is 5.89. The lowest BCUT2D eigenvalue weighted by Gasteiger charge is -2.09. The van der Waals surface area contributed by atoms with Crippen LogP contribution in [0.1, 0.15) is 28.2 Å². The first-order valence-corrected chi connectivity index (χ1v) is 8.49. The van der Waals surface area contributed by atoms with Crippen molar-refractivity contribution in [1.82, 2.24) is 9.55 Å². The number of carbonyl (C=O) groups excluding carboxylic acids is 1. The number of hydrogen-bond acceptors (Lipinski definition) is 5. The Labute approximate surface area is 150 Å². The molecule has 0 N–H and O–H groups in total. The summed E-state index contributed by atoms with van der Waals surface area (Å²) in [6.07, 6.45) is 1.81. The van der Waals surface area contributed by atoms with E-state index in [0.717, 1.165) is 30.8 Å². The van der Waals surface area contributed by atoms with Gasteiger partial charge in [0.2, 0.25) is 0 Å². The highest BCUT2D eigenvalue weighted by atomic mass is 16.5. The van der Waals surface area contributed by atoms with E-state index in [-0.39, 0.29) is 11.5 Å². The molecule has 0 amide bonds. The number of hydrogen-bond donors (Lipinski definition) is 0. The summed E-state index contributed by atoms with van der Waals surface area (Å²) in [5.74, 6) is 1.11. The third kappa shape index (κ3) is 2.94.